The van der Waals surface area contributed by atoms with Crippen LogP contribution in [-0.4, -0.2) is 46.8 Å². The molecule has 8 nitrogen and oxygen atoms in total. The summed E-state index contributed by atoms with van der Waals surface area (Å²) in [7, 11) is 0. The monoisotopic (exact) mass is 344 g/mol. The second kappa shape index (κ2) is 13.1. The summed E-state index contributed by atoms with van der Waals surface area (Å²) in [6, 6.07) is 0. The van der Waals surface area contributed by atoms with Gasteiger partial charge in [0, 0.05) is 18.9 Å². The van der Waals surface area contributed by atoms with Crippen molar-refractivity contribution >= 4 is 23.9 Å². The van der Waals surface area contributed by atoms with Gasteiger partial charge >= 0.3 is 23.9 Å². The van der Waals surface area contributed by atoms with Crippen molar-refractivity contribution < 1.29 is 38.9 Å². The van der Waals surface area contributed by atoms with Gasteiger partial charge in [-0.25, -0.2) is 9.59 Å². The van der Waals surface area contributed by atoms with Crippen LogP contribution in [0.15, 0.2) is 12.7 Å². The molecule has 1 atom stereocenters. The van der Waals surface area contributed by atoms with Crippen LogP contribution in [0.2, 0.25) is 0 Å². The normalized spacial score (nSPS) is 20.2. The van der Waals surface area contributed by atoms with Gasteiger partial charge in [-0.15, -0.1) is 0 Å². The average Bonchev–Trinajstić information content (AvgIpc) is 2.90. The highest BCUT2D eigenvalue weighted by molar-refractivity contribution is 5.79. The summed E-state index contributed by atoms with van der Waals surface area (Å²) < 4.78 is 9.40. The van der Waals surface area contributed by atoms with E-state index in [4.69, 9.17) is 14.9 Å². The van der Waals surface area contributed by atoms with Gasteiger partial charge in [-0.05, 0) is 38.5 Å². The van der Waals surface area contributed by atoms with Crippen LogP contribution in [-0.2, 0) is 28.7 Å². The molecule has 0 aliphatic carbocycles. The Labute approximate surface area is 140 Å². The van der Waals surface area contributed by atoms with Crippen LogP contribution in [0.1, 0.15) is 51.4 Å². The molecule has 2 aliphatic heterocycles. The quantitative estimate of drug-likeness (QED) is 0.574. The van der Waals surface area contributed by atoms with Crippen molar-refractivity contribution in [3.05, 3.63) is 12.7 Å². The van der Waals surface area contributed by atoms with E-state index in [1.165, 1.54) is 0 Å². The molecule has 2 fully saturated rings. The lowest BCUT2D eigenvalue weighted by molar-refractivity contribution is -0.163. The lowest BCUT2D eigenvalue weighted by Crippen LogP contribution is -2.24. The number of hydrogen-bond donors (Lipinski definition) is 2. The van der Waals surface area contributed by atoms with Gasteiger partial charge in [0.1, 0.15) is 0 Å². The topological polar surface area (TPSA) is 127 Å². The van der Waals surface area contributed by atoms with Crippen molar-refractivity contribution in [2.45, 2.75) is 57.5 Å². The van der Waals surface area contributed by atoms with Crippen LogP contribution in [0.25, 0.3) is 0 Å². The molecule has 2 rings (SSSR count). The Balaban J connectivity index is 0.000000358. The maximum atomic E-state index is 10.7. The largest absolute Gasteiger partial charge is 0.479 e. The standard InChI is InChI=1S/C7H10O4.C6H10O2.C3H4O2/c8-6-4-2-1-3-5(11-6)7(9)10;7-6-4-2-1-3-5-8-6;1-2-3(4)5/h5H,1-4H2,(H,9,10);1-5H2;2H,1H2,(H,4,5). The molecule has 2 N–H and O–H groups in total. The maximum absolute atomic E-state index is 10.7. The van der Waals surface area contributed by atoms with Gasteiger partial charge in [0.2, 0.25) is 0 Å². The van der Waals surface area contributed by atoms with Gasteiger partial charge in [0.25, 0.3) is 0 Å². The number of aliphatic carboxylic acids is 2. The van der Waals surface area contributed by atoms with Crippen LogP contribution in [0.3, 0.4) is 0 Å². The minimum atomic E-state index is -1.04. The molecule has 136 valence electrons. The maximum Gasteiger partial charge on any atom is 0.345 e. The van der Waals surface area contributed by atoms with Crippen molar-refractivity contribution in [1.82, 2.24) is 0 Å². The highest BCUT2D eigenvalue weighted by atomic mass is 16.6. The van der Waals surface area contributed by atoms with Gasteiger partial charge in [-0.3, -0.25) is 9.59 Å². The van der Waals surface area contributed by atoms with E-state index in [0.717, 1.165) is 38.2 Å². The third kappa shape index (κ3) is 12.2. The van der Waals surface area contributed by atoms with Crippen LogP contribution < -0.4 is 0 Å². The first-order valence-electron chi connectivity index (χ1n) is 7.80. The number of ether oxygens (including phenoxy) is 2. The molecule has 24 heavy (non-hydrogen) atoms. The van der Waals surface area contributed by atoms with Crippen LogP contribution in [0.4, 0.5) is 0 Å². The highest BCUT2D eigenvalue weighted by Gasteiger charge is 2.24. The van der Waals surface area contributed by atoms with Gasteiger partial charge in [-0.2, -0.15) is 0 Å². The first-order valence-corrected chi connectivity index (χ1v) is 7.80. The van der Waals surface area contributed by atoms with E-state index in [2.05, 4.69) is 11.3 Å². The summed E-state index contributed by atoms with van der Waals surface area (Å²) in [6.45, 7) is 3.60. The van der Waals surface area contributed by atoms with E-state index in [1.54, 1.807) is 0 Å². The molecule has 2 aliphatic rings. The molecule has 0 spiro atoms. The van der Waals surface area contributed by atoms with E-state index in [-0.39, 0.29) is 5.97 Å². The summed E-state index contributed by atoms with van der Waals surface area (Å²) in [5, 5.41) is 16.1. The number of cyclic esters (lactones) is 2. The number of carboxylic acid groups (broad SMARTS) is 2. The second-order valence-corrected chi connectivity index (χ2v) is 5.14. The average molecular weight is 344 g/mol. The van der Waals surface area contributed by atoms with E-state index >= 15 is 0 Å². The Hall–Kier alpha value is -2.38. The third-order valence-corrected chi connectivity index (χ3v) is 3.11. The fourth-order valence-electron chi connectivity index (χ4n) is 1.86. The van der Waals surface area contributed by atoms with Crippen LogP contribution in [0, 0.1) is 0 Å². The number of carbonyl (C=O) groups is 4. The summed E-state index contributed by atoms with van der Waals surface area (Å²) in [5.41, 5.74) is 0. The number of carbonyl (C=O) groups excluding carboxylic acids is 2. The Morgan fingerprint density at radius 3 is 2.17 bits per heavy atom. The third-order valence-electron chi connectivity index (χ3n) is 3.11. The summed E-state index contributed by atoms with van der Waals surface area (Å²) in [6.07, 6.45) is 6.04. The Morgan fingerprint density at radius 1 is 1.00 bits per heavy atom. The highest BCUT2D eigenvalue weighted by Crippen LogP contribution is 2.13. The lowest BCUT2D eigenvalue weighted by Gasteiger charge is -2.08. The summed E-state index contributed by atoms with van der Waals surface area (Å²) >= 11 is 0. The van der Waals surface area contributed by atoms with Gasteiger partial charge in [0.15, 0.2) is 6.10 Å². The molecule has 8 heteroatoms. The van der Waals surface area contributed by atoms with Gasteiger partial charge < -0.3 is 19.7 Å². The SMILES string of the molecule is C=CC(=O)O.O=C1CCCCC(C(=O)O)O1.O=C1CCCCCO1. The Kier molecular flexibility index (Phi) is 11.8. The fraction of sp³-hybridized carbons (Fsp3) is 0.625. The molecular weight excluding hydrogens is 320 g/mol. The molecular formula is C16H24O8. The number of esters is 2. The van der Waals surface area contributed by atoms with Crippen LogP contribution in [0.5, 0.6) is 0 Å². The first kappa shape index (κ1) is 21.6. The van der Waals surface area contributed by atoms with E-state index < -0.39 is 24.0 Å². The molecule has 0 bridgehead atoms. The minimum Gasteiger partial charge on any atom is -0.479 e. The predicted molar refractivity (Wildman–Crippen MR) is 83.2 cm³/mol. The molecule has 0 aromatic heterocycles. The Morgan fingerprint density at radius 2 is 1.58 bits per heavy atom. The second-order valence-electron chi connectivity index (χ2n) is 5.14. The fourth-order valence-corrected chi connectivity index (χ4v) is 1.86. The zero-order valence-corrected chi connectivity index (χ0v) is 13.6. The summed E-state index contributed by atoms with van der Waals surface area (Å²) in [5.74, 6) is -2.44. The van der Waals surface area contributed by atoms with Gasteiger partial charge in [0.05, 0.1) is 6.61 Å². The lowest BCUT2D eigenvalue weighted by atomic mass is 10.1. The first-order chi connectivity index (χ1) is 11.4. The molecule has 0 aromatic rings. The van der Waals surface area contributed by atoms with E-state index in [9.17, 15) is 19.2 Å². The van der Waals surface area contributed by atoms with Crippen molar-refractivity contribution in [2.75, 3.05) is 6.61 Å². The number of carboxylic acids is 2. The molecule has 0 aromatic carbocycles. The molecule has 1 unspecified atom stereocenters. The smallest absolute Gasteiger partial charge is 0.345 e. The van der Waals surface area contributed by atoms with Crippen molar-refractivity contribution in [2.24, 2.45) is 0 Å². The van der Waals surface area contributed by atoms with E-state index in [0.29, 0.717) is 25.9 Å². The van der Waals surface area contributed by atoms with Crippen molar-refractivity contribution in [3.63, 3.8) is 0 Å². The van der Waals surface area contributed by atoms with E-state index in [1.807, 2.05) is 0 Å². The number of hydrogen-bond acceptors (Lipinski definition) is 6. The zero-order valence-electron chi connectivity index (χ0n) is 13.6. The van der Waals surface area contributed by atoms with Gasteiger partial charge in [-0.1, -0.05) is 6.58 Å². The minimum absolute atomic E-state index is 0.0255. The Bertz CT molecular complexity index is 433. The zero-order chi connectivity index (χ0) is 18.4. The molecule has 0 radical (unpaired) electrons. The van der Waals surface area contributed by atoms with Crippen molar-refractivity contribution in [3.8, 4) is 0 Å². The van der Waals surface area contributed by atoms with Crippen LogP contribution >= 0.6 is 0 Å². The number of rotatable bonds is 2. The molecule has 0 amide bonds. The summed E-state index contributed by atoms with van der Waals surface area (Å²) in [4.78, 5) is 40.8. The molecule has 2 saturated heterocycles. The molecule has 2 heterocycles. The predicted octanol–water partition coefficient (Wildman–Crippen LogP) is 1.92. The van der Waals surface area contributed by atoms with Crippen molar-refractivity contribution in [1.29, 1.82) is 0 Å². The molecule has 0 saturated carbocycles.